The van der Waals surface area contributed by atoms with Gasteiger partial charge < -0.3 is 9.47 Å². The SMILES string of the molecule is COC1(OC)C(F)(F)C(C(C)(F)F)C(F)(C(C)(F)F)C1(F)F. The topological polar surface area (TPSA) is 18.5 Å². The molecule has 1 rings (SSSR count). The van der Waals surface area contributed by atoms with Gasteiger partial charge in [0.05, 0.1) is 0 Å². The zero-order valence-corrected chi connectivity index (χ0v) is 11.8. The number of halogens is 9. The van der Waals surface area contributed by atoms with E-state index in [1.165, 1.54) is 0 Å². The van der Waals surface area contributed by atoms with Crippen molar-refractivity contribution in [2.45, 2.75) is 49.0 Å². The summed E-state index contributed by atoms with van der Waals surface area (Å²) in [6, 6.07) is 0. The van der Waals surface area contributed by atoms with Crippen molar-refractivity contribution in [3.63, 3.8) is 0 Å². The van der Waals surface area contributed by atoms with E-state index in [4.69, 9.17) is 0 Å². The van der Waals surface area contributed by atoms with Crippen LogP contribution in [0.15, 0.2) is 0 Å². The highest BCUT2D eigenvalue weighted by molar-refractivity contribution is 5.28. The molecule has 0 aromatic rings. The molecule has 22 heavy (non-hydrogen) atoms. The van der Waals surface area contributed by atoms with Crippen LogP contribution in [0.5, 0.6) is 0 Å². The van der Waals surface area contributed by atoms with E-state index in [1.807, 2.05) is 0 Å². The first-order valence-electron chi connectivity index (χ1n) is 5.79. The van der Waals surface area contributed by atoms with Crippen molar-refractivity contribution in [3.8, 4) is 0 Å². The van der Waals surface area contributed by atoms with Crippen LogP contribution in [0.3, 0.4) is 0 Å². The molecule has 2 nitrogen and oxygen atoms in total. The fourth-order valence-corrected chi connectivity index (χ4v) is 2.88. The molecule has 0 aromatic carbocycles. The Labute approximate surface area is 119 Å². The van der Waals surface area contributed by atoms with Gasteiger partial charge in [-0.2, -0.15) is 17.6 Å². The maximum atomic E-state index is 14.5. The average molecular weight is 348 g/mol. The van der Waals surface area contributed by atoms with Crippen LogP contribution in [0.25, 0.3) is 0 Å². The molecule has 0 N–H and O–H groups in total. The van der Waals surface area contributed by atoms with Crippen molar-refractivity contribution in [2.24, 2.45) is 5.92 Å². The Hall–Kier alpha value is -0.710. The van der Waals surface area contributed by atoms with Gasteiger partial charge in [-0.3, -0.25) is 0 Å². The summed E-state index contributed by atoms with van der Waals surface area (Å²) in [5.41, 5.74) is -5.62. The van der Waals surface area contributed by atoms with Crippen LogP contribution < -0.4 is 0 Å². The lowest BCUT2D eigenvalue weighted by atomic mass is 9.80. The predicted octanol–water partition coefficient (Wildman–Crippen LogP) is 3.89. The number of ether oxygens (including phenoxy) is 2. The summed E-state index contributed by atoms with van der Waals surface area (Å²) in [5.74, 6) is -30.4. The van der Waals surface area contributed by atoms with Crippen molar-refractivity contribution in [2.75, 3.05) is 14.2 Å². The van der Waals surface area contributed by atoms with E-state index in [-0.39, 0.29) is 21.1 Å². The predicted molar refractivity (Wildman–Crippen MR) is 55.2 cm³/mol. The molecule has 0 radical (unpaired) electrons. The third-order valence-electron chi connectivity index (χ3n) is 3.79. The summed E-state index contributed by atoms with van der Waals surface area (Å²) < 4.78 is 132. The van der Waals surface area contributed by atoms with Gasteiger partial charge in [-0.1, -0.05) is 0 Å². The molecule has 2 atom stereocenters. The maximum Gasteiger partial charge on any atom is 0.346 e. The van der Waals surface area contributed by atoms with Gasteiger partial charge in [-0.25, -0.2) is 22.0 Å². The molecule has 1 aliphatic rings. The summed E-state index contributed by atoms with van der Waals surface area (Å²) in [6.07, 6.45) is 0. The number of alkyl halides is 9. The summed E-state index contributed by atoms with van der Waals surface area (Å²) in [7, 11) is 0.380. The minimum Gasteiger partial charge on any atom is -0.343 e. The fourth-order valence-electron chi connectivity index (χ4n) is 2.88. The number of hydrogen-bond donors (Lipinski definition) is 0. The van der Waals surface area contributed by atoms with Crippen molar-refractivity contribution >= 4 is 0 Å². The zero-order chi connectivity index (χ0) is 18.0. The van der Waals surface area contributed by atoms with Crippen molar-refractivity contribution in [3.05, 3.63) is 0 Å². The second-order valence-electron chi connectivity index (χ2n) is 5.21. The van der Waals surface area contributed by atoms with E-state index in [0.29, 0.717) is 0 Å². The maximum absolute atomic E-state index is 14.5. The van der Waals surface area contributed by atoms with Gasteiger partial charge in [0, 0.05) is 21.1 Å². The molecule has 0 spiro atoms. The average Bonchev–Trinajstić information content (AvgIpc) is 2.36. The third kappa shape index (κ3) is 1.84. The molecular weight excluding hydrogens is 335 g/mol. The summed E-state index contributed by atoms with van der Waals surface area (Å²) in [4.78, 5) is 0. The van der Waals surface area contributed by atoms with Gasteiger partial charge in [0.15, 0.2) is 0 Å². The molecule has 0 aliphatic heterocycles. The highest BCUT2D eigenvalue weighted by Crippen LogP contribution is 2.70. The molecule has 1 aliphatic carbocycles. The van der Waals surface area contributed by atoms with E-state index in [1.54, 1.807) is 0 Å². The molecule has 0 aromatic heterocycles. The van der Waals surface area contributed by atoms with E-state index >= 15 is 0 Å². The van der Waals surface area contributed by atoms with Crippen LogP contribution in [0.2, 0.25) is 0 Å². The minimum absolute atomic E-state index is 0.190. The number of hydrogen-bond acceptors (Lipinski definition) is 2. The van der Waals surface area contributed by atoms with Crippen LogP contribution in [-0.2, 0) is 9.47 Å². The Balaban J connectivity index is 3.90. The molecule has 2 unspecified atom stereocenters. The van der Waals surface area contributed by atoms with Gasteiger partial charge in [-0.05, 0) is 6.92 Å². The first-order valence-corrected chi connectivity index (χ1v) is 5.79. The van der Waals surface area contributed by atoms with Gasteiger partial charge in [0.1, 0.15) is 5.92 Å². The Morgan fingerprint density at radius 3 is 1.36 bits per heavy atom. The molecule has 132 valence electrons. The zero-order valence-electron chi connectivity index (χ0n) is 11.8. The number of methoxy groups -OCH3 is 2. The van der Waals surface area contributed by atoms with Crippen LogP contribution in [-0.4, -0.2) is 49.4 Å². The third-order valence-corrected chi connectivity index (χ3v) is 3.79. The van der Waals surface area contributed by atoms with Gasteiger partial charge in [-0.15, -0.1) is 0 Å². The molecule has 0 amide bonds. The molecule has 0 heterocycles. The minimum atomic E-state index is -5.78. The largest absolute Gasteiger partial charge is 0.346 e. The van der Waals surface area contributed by atoms with Gasteiger partial charge >= 0.3 is 17.6 Å². The summed E-state index contributed by atoms with van der Waals surface area (Å²) in [5, 5.41) is 0. The Kier molecular flexibility index (Phi) is 4.09. The number of rotatable bonds is 4. The highest BCUT2D eigenvalue weighted by atomic mass is 19.3. The van der Waals surface area contributed by atoms with E-state index in [2.05, 4.69) is 9.47 Å². The van der Waals surface area contributed by atoms with Crippen LogP contribution in [0.4, 0.5) is 39.5 Å². The molecular formula is C11H13F9O2. The van der Waals surface area contributed by atoms with E-state index in [9.17, 15) is 39.5 Å². The van der Waals surface area contributed by atoms with Crippen LogP contribution in [0, 0.1) is 5.92 Å². The quantitative estimate of drug-likeness (QED) is 0.567. The monoisotopic (exact) mass is 348 g/mol. The van der Waals surface area contributed by atoms with E-state index in [0.717, 1.165) is 0 Å². The first kappa shape index (κ1) is 19.3. The fraction of sp³-hybridized carbons (Fsp3) is 1.00. The standard InChI is InChI=1S/C11H13F9O2/c1-6(12,13)5-8(16,7(2,14)15)10(19,20)11(21-3,22-4)9(5,17)18/h5H,1-4H3. The second kappa shape index (κ2) is 4.65. The lowest BCUT2D eigenvalue weighted by molar-refractivity contribution is -0.389. The lowest BCUT2D eigenvalue weighted by Gasteiger charge is -2.39. The Bertz CT molecular complexity index is 436. The second-order valence-corrected chi connectivity index (χ2v) is 5.21. The van der Waals surface area contributed by atoms with Crippen molar-refractivity contribution in [1.82, 2.24) is 0 Å². The molecule has 1 saturated carbocycles. The van der Waals surface area contributed by atoms with E-state index < -0.39 is 48.0 Å². The highest BCUT2D eigenvalue weighted by Gasteiger charge is 2.97. The Morgan fingerprint density at radius 2 is 1.18 bits per heavy atom. The lowest BCUT2D eigenvalue weighted by Crippen LogP contribution is -2.65. The van der Waals surface area contributed by atoms with Crippen LogP contribution >= 0.6 is 0 Å². The van der Waals surface area contributed by atoms with Crippen LogP contribution in [0.1, 0.15) is 13.8 Å². The first-order chi connectivity index (χ1) is 9.49. The summed E-state index contributed by atoms with van der Waals surface area (Å²) in [6.45, 7) is -0.847. The molecule has 0 bridgehead atoms. The van der Waals surface area contributed by atoms with Crippen molar-refractivity contribution in [1.29, 1.82) is 0 Å². The normalized spacial score (nSPS) is 34.0. The van der Waals surface area contributed by atoms with Gasteiger partial charge in [0.25, 0.3) is 17.5 Å². The molecule has 1 fully saturated rings. The Morgan fingerprint density at radius 1 is 0.818 bits per heavy atom. The van der Waals surface area contributed by atoms with Crippen molar-refractivity contribution < 1.29 is 49.0 Å². The van der Waals surface area contributed by atoms with Gasteiger partial charge in [0.2, 0.25) is 0 Å². The smallest absolute Gasteiger partial charge is 0.343 e. The summed E-state index contributed by atoms with van der Waals surface area (Å²) >= 11 is 0. The molecule has 11 heteroatoms. The molecule has 0 saturated heterocycles.